The monoisotopic (exact) mass is 379 g/mol. The average molecular weight is 380 g/mol. The molecule has 1 heterocycles. The summed E-state index contributed by atoms with van der Waals surface area (Å²) < 4.78 is 7.94. The van der Waals surface area contributed by atoms with Gasteiger partial charge in [-0.25, -0.2) is 4.98 Å². The van der Waals surface area contributed by atoms with Crippen LogP contribution in [0.5, 0.6) is 5.75 Å². The second kappa shape index (κ2) is 9.78. The van der Waals surface area contributed by atoms with Gasteiger partial charge in [0, 0.05) is 32.2 Å². The van der Waals surface area contributed by atoms with Crippen molar-refractivity contribution in [3.63, 3.8) is 0 Å². The number of para-hydroxylation sites is 2. The minimum atomic E-state index is 0.659. The van der Waals surface area contributed by atoms with E-state index < -0.39 is 0 Å². The van der Waals surface area contributed by atoms with Crippen LogP contribution in [0.1, 0.15) is 24.5 Å². The number of aromatic nitrogens is 2. The third kappa shape index (κ3) is 5.03. The molecule has 0 fully saturated rings. The first-order valence-electron chi connectivity index (χ1n) is 9.78. The number of aliphatic imine (C=N–C) groups is 1. The fourth-order valence-electron chi connectivity index (χ4n) is 3.14. The maximum atomic E-state index is 5.75. The summed E-state index contributed by atoms with van der Waals surface area (Å²) in [6.45, 7) is 7.15. The van der Waals surface area contributed by atoms with Crippen molar-refractivity contribution in [2.45, 2.75) is 33.4 Å². The number of imidazole rings is 1. The summed E-state index contributed by atoms with van der Waals surface area (Å²) in [5.74, 6) is 1.72. The quantitative estimate of drug-likeness (QED) is 0.357. The number of fused-ring (bicyclic) bond motifs is 1. The topological polar surface area (TPSA) is 63.5 Å². The highest BCUT2D eigenvalue weighted by Gasteiger charge is 2.06. The van der Waals surface area contributed by atoms with E-state index in [0.717, 1.165) is 42.3 Å². The number of ether oxygens (including phenoxy) is 1. The number of hydrogen-bond acceptors (Lipinski definition) is 3. The zero-order valence-corrected chi connectivity index (χ0v) is 16.9. The number of aryl methyl sites for hydroxylation is 2. The predicted molar refractivity (Wildman–Crippen MR) is 115 cm³/mol. The lowest BCUT2D eigenvalue weighted by Gasteiger charge is -2.15. The van der Waals surface area contributed by atoms with Crippen LogP contribution in [-0.4, -0.2) is 35.7 Å². The van der Waals surface area contributed by atoms with E-state index in [9.17, 15) is 0 Å². The van der Waals surface area contributed by atoms with Gasteiger partial charge < -0.3 is 19.9 Å². The maximum absolute atomic E-state index is 5.75. The molecule has 6 nitrogen and oxygen atoms in total. The number of rotatable bonds is 8. The van der Waals surface area contributed by atoms with Gasteiger partial charge in [-0.05, 0) is 44.0 Å². The summed E-state index contributed by atoms with van der Waals surface area (Å²) >= 11 is 0. The number of nitrogens with one attached hydrogen (secondary N) is 2. The van der Waals surface area contributed by atoms with Crippen molar-refractivity contribution in [2.75, 3.05) is 20.2 Å². The van der Waals surface area contributed by atoms with Gasteiger partial charge in [-0.2, -0.15) is 0 Å². The zero-order chi connectivity index (χ0) is 19.8. The van der Waals surface area contributed by atoms with Crippen molar-refractivity contribution in [3.8, 4) is 5.75 Å². The molecular weight excluding hydrogens is 350 g/mol. The summed E-state index contributed by atoms with van der Waals surface area (Å²) in [6, 6.07) is 14.5. The van der Waals surface area contributed by atoms with Crippen molar-refractivity contribution in [2.24, 2.45) is 4.99 Å². The first-order valence-corrected chi connectivity index (χ1v) is 9.78. The lowest BCUT2D eigenvalue weighted by Crippen LogP contribution is -2.37. The van der Waals surface area contributed by atoms with E-state index in [1.807, 2.05) is 31.5 Å². The van der Waals surface area contributed by atoms with Crippen molar-refractivity contribution in [3.05, 3.63) is 59.9 Å². The fourth-order valence-corrected chi connectivity index (χ4v) is 3.14. The van der Waals surface area contributed by atoms with Crippen molar-refractivity contribution in [1.82, 2.24) is 20.2 Å². The van der Waals surface area contributed by atoms with Crippen LogP contribution in [0.3, 0.4) is 0 Å². The largest absolute Gasteiger partial charge is 0.494 e. The lowest BCUT2D eigenvalue weighted by atomic mass is 10.1. The second-order valence-electron chi connectivity index (χ2n) is 6.68. The van der Waals surface area contributed by atoms with Crippen LogP contribution in [0.25, 0.3) is 11.0 Å². The number of guanidine groups is 1. The van der Waals surface area contributed by atoms with Crippen LogP contribution < -0.4 is 15.4 Å². The molecule has 0 unspecified atom stereocenters. The van der Waals surface area contributed by atoms with Gasteiger partial charge in [-0.15, -0.1) is 0 Å². The molecule has 0 aliphatic heterocycles. The molecule has 0 aliphatic rings. The Morgan fingerprint density at radius 1 is 1.18 bits per heavy atom. The molecule has 3 rings (SSSR count). The second-order valence-corrected chi connectivity index (χ2v) is 6.68. The van der Waals surface area contributed by atoms with Gasteiger partial charge >= 0.3 is 0 Å². The molecule has 0 aliphatic carbocycles. The molecule has 3 aromatic rings. The first kappa shape index (κ1) is 19.7. The Labute approximate surface area is 166 Å². The van der Waals surface area contributed by atoms with Crippen LogP contribution in [0.4, 0.5) is 0 Å². The van der Waals surface area contributed by atoms with E-state index >= 15 is 0 Å². The summed E-state index contributed by atoms with van der Waals surface area (Å²) in [4.78, 5) is 8.75. The normalized spacial score (nSPS) is 11.6. The lowest BCUT2D eigenvalue weighted by molar-refractivity contribution is 0.336. The Bertz CT molecular complexity index is 932. The zero-order valence-electron chi connectivity index (χ0n) is 16.9. The average Bonchev–Trinajstić information content (AvgIpc) is 3.12. The van der Waals surface area contributed by atoms with E-state index in [2.05, 4.69) is 56.4 Å². The SMILES string of the molecule is CCOc1cc(C)ccc1CNC(=NC)NCCCn1cnc2ccccc21. The molecular formula is C22H29N5O. The molecule has 0 radical (unpaired) electrons. The number of hydrogen-bond donors (Lipinski definition) is 2. The smallest absolute Gasteiger partial charge is 0.191 e. The number of nitrogens with zero attached hydrogens (tertiary/aromatic N) is 3. The fraction of sp³-hybridized carbons (Fsp3) is 0.364. The molecule has 28 heavy (non-hydrogen) atoms. The highest BCUT2D eigenvalue weighted by Crippen LogP contribution is 2.20. The van der Waals surface area contributed by atoms with E-state index in [4.69, 9.17) is 4.74 Å². The Morgan fingerprint density at radius 3 is 2.86 bits per heavy atom. The summed E-state index contributed by atoms with van der Waals surface area (Å²) in [5, 5.41) is 6.74. The van der Waals surface area contributed by atoms with E-state index in [1.165, 1.54) is 11.1 Å². The van der Waals surface area contributed by atoms with Crippen molar-refractivity contribution < 1.29 is 4.74 Å². The molecule has 0 saturated heterocycles. The summed E-state index contributed by atoms with van der Waals surface area (Å²) in [7, 11) is 1.79. The first-order chi connectivity index (χ1) is 13.7. The maximum Gasteiger partial charge on any atom is 0.191 e. The van der Waals surface area contributed by atoms with Crippen LogP contribution in [0, 0.1) is 6.92 Å². The molecule has 6 heteroatoms. The Kier molecular flexibility index (Phi) is 6.89. The van der Waals surface area contributed by atoms with Crippen LogP contribution in [0.15, 0.2) is 53.8 Å². The molecule has 2 aromatic carbocycles. The Balaban J connectivity index is 1.47. The van der Waals surface area contributed by atoms with Gasteiger partial charge in [0.25, 0.3) is 0 Å². The van der Waals surface area contributed by atoms with Gasteiger partial charge in [-0.3, -0.25) is 4.99 Å². The molecule has 0 saturated carbocycles. The van der Waals surface area contributed by atoms with Crippen molar-refractivity contribution in [1.29, 1.82) is 0 Å². The molecule has 0 spiro atoms. The molecule has 0 bridgehead atoms. The highest BCUT2D eigenvalue weighted by atomic mass is 16.5. The minimum absolute atomic E-state index is 0.659. The van der Waals surface area contributed by atoms with Gasteiger partial charge in [0.1, 0.15) is 5.75 Å². The van der Waals surface area contributed by atoms with E-state index in [0.29, 0.717) is 13.2 Å². The Morgan fingerprint density at radius 2 is 2.04 bits per heavy atom. The highest BCUT2D eigenvalue weighted by molar-refractivity contribution is 5.79. The van der Waals surface area contributed by atoms with Gasteiger partial charge in [0.05, 0.1) is 24.0 Å². The predicted octanol–water partition coefficient (Wildman–Crippen LogP) is 3.50. The van der Waals surface area contributed by atoms with Crippen LogP contribution in [-0.2, 0) is 13.1 Å². The summed E-state index contributed by atoms with van der Waals surface area (Å²) in [6.07, 6.45) is 2.89. The molecule has 1 aromatic heterocycles. The molecule has 148 valence electrons. The number of benzene rings is 2. The molecule has 2 N–H and O–H groups in total. The molecule has 0 amide bonds. The van der Waals surface area contributed by atoms with Gasteiger partial charge in [0.2, 0.25) is 0 Å². The van der Waals surface area contributed by atoms with Gasteiger partial charge in [-0.1, -0.05) is 24.3 Å². The standard InChI is InChI=1S/C22H29N5O/c1-4-28-21-14-17(2)10-11-18(21)15-25-22(23-3)24-12-7-13-27-16-26-19-8-5-6-9-20(19)27/h5-6,8-11,14,16H,4,7,12-13,15H2,1-3H3,(H2,23,24,25). The van der Waals surface area contributed by atoms with E-state index in [-0.39, 0.29) is 0 Å². The summed E-state index contributed by atoms with van der Waals surface area (Å²) in [5.41, 5.74) is 4.53. The third-order valence-electron chi connectivity index (χ3n) is 4.59. The van der Waals surface area contributed by atoms with Crippen molar-refractivity contribution >= 4 is 17.0 Å². The van der Waals surface area contributed by atoms with Crippen LogP contribution in [0.2, 0.25) is 0 Å². The third-order valence-corrected chi connectivity index (χ3v) is 4.59. The van der Waals surface area contributed by atoms with E-state index in [1.54, 1.807) is 7.05 Å². The molecule has 0 atom stereocenters. The van der Waals surface area contributed by atoms with Crippen LogP contribution >= 0.6 is 0 Å². The Hall–Kier alpha value is -3.02. The minimum Gasteiger partial charge on any atom is -0.494 e. The van der Waals surface area contributed by atoms with Gasteiger partial charge in [0.15, 0.2) is 5.96 Å².